The molecule has 3 nitrogen and oxygen atoms in total. The van der Waals surface area contributed by atoms with Crippen molar-refractivity contribution in [3.05, 3.63) is 11.8 Å². The number of ether oxygens (including phenoxy) is 1. The fourth-order valence-corrected chi connectivity index (χ4v) is 1.48. The van der Waals surface area contributed by atoms with E-state index in [2.05, 4.69) is 0 Å². The Hall–Kier alpha value is -0.830. The average molecular weight is 198 g/mol. The SMILES string of the molecule is CC(C)C1(C)OC(C)(C)C(O)=CC1=O. The second-order valence-electron chi connectivity index (χ2n) is 4.77. The van der Waals surface area contributed by atoms with Gasteiger partial charge in [-0.15, -0.1) is 0 Å². The van der Waals surface area contributed by atoms with Gasteiger partial charge in [-0.3, -0.25) is 4.79 Å². The maximum Gasteiger partial charge on any atom is 0.190 e. The molecule has 0 amide bonds. The molecule has 1 heterocycles. The summed E-state index contributed by atoms with van der Waals surface area (Å²) in [5, 5.41) is 9.54. The third-order valence-corrected chi connectivity index (χ3v) is 2.94. The van der Waals surface area contributed by atoms with Crippen molar-refractivity contribution in [1.82, 2.24) is 0 Å². The highest BCUT2D eigenvalue weighted by atomic mass is 16.5. The lowest BCUT2D eigenvalue weighted by molar-refractivity contribution is -0.174. The number of carbonyl (C=O) groups excluding carboxylic acids is 1. The zero-order valence-electron chi connectivity index (χ0n) is 9.42. The van der Waals surface area contributed by atoms with E-state index in [1.807, 2.05) is 13.8 Å². The molecule has 1 atom stereocenters. The summed E-state index contributed by atoms with van der Waals surface area (Å²) in [7, 11) is 0. The first-order valence-corrected chi connectivity index (χ1v) is 4.86. The van der Waals surface area contributed by atoms with E-state index < -0.39 is 11.2 Å². The van der Waals surface area contributed by atoms with Gasteiger partial charge in [0.1, 0.15) is 17.0 Å². The molecule has 1 aliphatic rings. The first kappa shape index (κ1) is 11.2. The molecular weight excluding hydrogens is 180 g/mol. The molecule has 0 aromatic heterocycles. The summed E-state index contributed by atoms with van der Waals surface area (Å²) in [4.78, 5) is 11.7. The summed E-state index contributed by atoms with van der Waals surface area (Å²) in [5.41, 5.74) is -1.59. The maximum atomic E-state index is 11.7. The van der Waals surface area contributed by atoms with Gasteiger partial charge in [-0.05, 0) is 26.7 Å². The van der Waals surface area contributed by atoms with Crippen molar-refractivity contribution in [2.75, 3.05) is 0 Å². The molecule has 80 valence electrons. The first-order chi connectivity index (χ1) is 6.20. The Morgan fingerprint density at radius 2 is 1.86 bits per heavy atom. The number of aliphatic hydroxyl groups is 1. The van der Waals surface area contributed by atoms with Gasteiger partial charge >= 0.3 is 0 Å². The molecule has 1 aliphatic heterocycles. The Labute approximate surface area is 84.8 Å². The lowest BCUT2D eigenvalue weighted by Gasteiger charge is -2.42. The summed E-state index contributed by atoms with van der Waals surface area (Å²) in [6.07, 6.45) is 1.28. The molecule has 1 rings (SSSR count). The molecule has 0 saturated heterocycles. The largest absolute Gasteiger partial charge is 0.509 e. The number of hydrogen-bond acceptors (Lipinski definition) is 3. The van der Waals surface area contributed by atoms with Gasteiger partial charge in [-0.1, -0.05) is 13.8 Å². The lowest BCUT2D eigenvalue weighted by Crippen LogP contribution is -2.52. The van der Waals surface area contributed by atoms with Gasteiger partial charge in [0, 0.05) is 6.08 Å². The average Bonchev–Trinajstić information content (AvgIpc) is 2.00. The lowest BCUT2D eigenvalue weighted by atomic mass is 9.83. The summed E-state index contributed by atoms with van der Waals surface area (Å²) < 4.78 is 5.68. The van der Waals surface area contributed by atoms with Crippen LogP contribution in [-0.2, 0) is 9.53 Å². The predicted octanol–water partition coefficient (Wildman–Crippen LogP) is 2.22. The molecule has 0 spiro atoms. The van der Waals surface area contributed by atoms with Gasteiger partial charge in [0.25, 0.3) is 0 Å². The Morgan fingerprint density at radius 1 is 1.36 bits per heavy atom. The van der Waals surface area contributed by atoms with Crippen molar-refractivity contribution >= 4 is 5.78 Å². The monoisotopic (exact) mass is 198 g/mol. The molecule has 1 N–H and O–H groups in total. The van der Waals surface area contributed by atoms with Crippen LogP contribution in [0.2, 0.25) is 0 Å². The minimum Gasteiger partial charge on any atom is -0.509 e. The number of rotatable bonds is 1. The van der Waals surface area contributed by atoms with E-state index in [-0.39, 0.29) is 17.5 Å². The summed E-state index contributed by atoms with van der Waals surface area (Å²) in [5.74, 6) is -0.0800. The predicted molar refractivity (Wildman–Crippen MR) is 54.1 cm³/mol. The molecule has 0 aliphatic carbocycles. The normalized spacial score (nSPS) is 31.9. The second-order valence-corrected chi connectivity index (χ2v) is 4.77. The van der Waals surface area contributed by atoms with E-state index in [1.165, 1.54) is 6.08 Å². The number of aliphatic hydroxyl groups excluding tert-OH is 1. The standard InChI is InChI=1S/C11H18O3/c1-7(2)11(5)9(13)6-8(12)10(3,4)14-11/h6-7,12H,1-5H3. The molecule has 0 radical (unpaired) electrons. The topological polar surface area (TPSA) is 46.5 Å². The van der Waals surface area contributed by atoms with Crippen molar-refractivity contribution in [1.29, 1.82) is 0 Å². The third kappa shape index (κ3) is 1.57. The van der Waals surface area contributed by atoms with E-state index in [1.54, 1.807) is 20.8 Å². The highest BCUT2D eigenvalue weighted by molar-refractivity contribution is 5.98. The first-order valence-electron chi connectivity index (χ1n) is 4.86. The second kappa shape index (κ2) is 3.09. The minimum atomic E-state index is -0.824. The number of carbonyl (C=O) groups is 1. The molecular formula is C11H18O3. The van der Waals surface area contributed by atoms with Gasteiger partial charge in [0.2, 0.25) is 0 Å². The Bertz CT molecular complexity index is 289. The quantitative estimate of drug-likeness (QED) is 0.702. The fraction of sp³-hybridized carbons (Fsp3) is 0.727. The summed E-state index contributed by atoms with van der Waals surface area (Å²) in [6, 6.07) is 0. The Kier molecular flexibility index (Phi) is 2.48. The van der Waals surface area contributed by atoms with Crippen molar-refractivity contribution in [2.24, 2.45) is 5.92 Å². The molecule has 0 saturated carbocycles. The van der Waals surface area contributed by atoms with Crippen molar-refractivity contribution in [2.45, 2.75) is 45.8 Å². The van der Waals surface area contributed by atoms with E-state index >= 15 is 0 Å². The van der Waals surface area contributed by atoms with Gasteiger partial charge in [-0.2, -0.15) is 0 Å². The zero-order chi connectivity index (χ0) is 11.1. The van der Waals surface area contributed by atoms with Crippen LogP contribution in [0.15, 0.2) is 11.8 Å². The van der Waals surface area contributed by atoms with Crippen LogP contribution in [0.1, 0.15) is 34.6 Å². The van der Waals surface area contributed by atoms with Crippen molar-refractivity contribution in [3.8, 4) is 0 Å². The van der Waals surface area contributed by atoms with Crippen molar-refractivity contribution in [3.63, 3.8) is 0 Å². The molecule has 0 bridgehead atoms. The molecule has 1 unspecified atom stereocenters. The van der Waals surface area contributed by atoms with Crippen LogP contribution >= 0.6 is 0 Å². The van der Waals surface area contributed by atoms with Crippen LogP contribution in [0.3, 0.4) is 0 Å². The van der Waals surface area contributed by atoms with Crippen LogP contribution < -0.4 is 0 Å². The van der Waals surface area contributed by atoms with Crippen molar-refractivity contribution < 1.29 is 14.6 Å². The van der Waals surface area contributed by atoms with Crippen LogP contribution in [0.5, 0.6) is 0 Å². The van der Waals surface area contributed by atoms with E-state index in [9.17, 15) is 9.90 Å². The Morgan fingerprint density at radius 3 is 2.29 bits per heavy atom. The highest BCUT2D eigenvalue weighted by Crippen LogP contribution is 2.36. The molecule has 0 fully saturated rings. The molecule has 3 heteroatoms. The summed E-state index contributed by atoms with van der Waals surface area (Å²) in [6.45, 7) is 9.15. The highest BCUT2D eigenvalue weighted by Gasteiger charge is 2.46. The molecule has 0 aromatic rings. The number of hydrogen-bond donors (Lipinski definition) is 1. The Balaban J connectivity index is 3.13. The van der Waals surface area contributed by atoms with Crippen LogP contribution in [0, 0.1) is 5.92 Å². The van der Waals surface area contributed by atoms with Gasteiger partial charge in [-0.25, -0.2) is 0 Å². The fourth-order valence-electron chi connectivity index (χ4n) is 1.48. The van der Waals surface area contributed by atoms with E-state index in [0.717, 1.165) is 0 Å². The van der Waals surface area contributed by atoms with Crippen LogP contribution in [0.4, 0.5) is 0 Å². The zero-order valence-corrected chi connectivity index (χ0v) is 9.42. The maximum absolute atomic E-state index is 11.7. The van der Waals surface area contributed by atoms with Crippen LogP contribution in [-0.4, -0.2) is 22.1 Å². The third-order valence-electron chi connectivity index (χ3n) is 2.94. The number of ketones is 1. The summed E-state index contributed by atoms with van der Waals surface area (Å²) >= 11 is 0. The van der Waals surface area contributed by atoms with Gasteiger partial charge in [0.05, 0.1) is 0 Å². The molecule has 0 aromatic carbocycles. The van der Waals surface area contributed by atoms with E-state index in [0.29, 0.717) is 0 Å². The minimum absolute atomic E-state index is 0.000579. The van der Waals surface area contributed by atoms with E-state index in [4.69, 9.17) is 4.74 Å². The van der Waals surface area contributed by atoms with Crippen LogP contribution in [0.25, 0.3) is 0 Å². The van der Waals surface area contributed by atoms with Gasteiger partial charge in [0.15, 0.2) is 5.78 Å². The smallest absolute Gasteiger partial charge is 0.190 e. The molecule has 14 heavy (non-hydrogen) atoms. The van der Waals surface area contributed by atoms with Gasteiger partial charge < -0.3 is 9.84 Å².